The molecule has 28 heavy (non-hydrogen) atoms. The number of amides is 1. The van der Waals surface area contributed by atoms with Crippen molar-refractivity contribution in [2.75, 3.05) is 7.11 Å². The minimum absolute atomic E-state index is 0.195. The smallest absolute Gasteiger partial charge is 0.354 e. The Bertz CT molecular complexity index is 1110. The number of benzene rings is 2. The monoisotopic (exact) mass is 392 g/mol. The van der Waals surface area contributed by atoms with Gasteiger partial charge in [-0.1, -0.05) is 18.2 Å². The molecule has 0 saturated heterocycles. The van der Waals surface area contributed by atoms with Gasteiger partial charge in [-0.05, 0) is 18.2 Å². The van der Waals surface area contributed by atoms with Crippen molar-refractivity contribution >= 4 is 28.9 Å². The zero-order valence-electron chi connectivity index (χ0n) is 14.3. The van der Waals surface area contributed by atoms with E-state index in [2.05, 4.69) is 15.0 Å². The maximum atomic E-state index is 14.2. The second-order valence-corrected chi connectivity index (χ2v) is 5.62. The van der Waals surface area contributed by atoms with Crippen molar-refractivity contribution in [3.63, 3.8) is 0 Å². The van der Waals surface area contributed by atoms with Gasteiger partial charge in [0.25, 0.3) is 5.91 Å². The maximum Gasteiger partial charge on any atom is 0.354 e. The summed E-state index contributed by atoms with van der Waals surface area (Å²) in [6, 6.07) is 7.87. The van der Waals surface area contributed by atoms with Crippen LogP contribution in [0.25, 0.3) is 17.0 Å². The van der Waals surface area contributed by atoms with Gasteiger partial charge in [0.2, 0.25) is 0 Å². The van der Waals surface area contributed by atoms with Gasteiger partial charge >= 0.3 is 5.97 Å². The van der Waals surface area contributed by atoms with Gasteiger partial charge in [0, 0.05) is 22.7 Å². The molecular formula is C19H12F4N2O3. The van der Waals surface area contributed by atoms with Crippen molar-refractivity contribution in [1.82, 2.24) is 10.3 Å². The number of methoxy groups -OCH3 is 1. The maximum absolute atomic E-state index is 14.2. The number of carbonyl (C=O) groups is 2. The molecule has 0 bridgehead atoms. The van der Waals surface area contributed by atoms with Crippen LogP contribution in [0.4, 0.5) is 17.6 Å². The van der Waals surface area contributed by atoms with Crippen LogP contribution >= 0.6 is 0 Å². The third kappa shape index (κ3) is 3.34. The van der Waals surface area contributed by atoms with Gasteiger partial charge in [-0.15, -0.1) is 0 Å². The van der Waals surface area contributed by atoms with Gasteiger partial charge in [0.15, 0.2) is 23.3 Å². The Morgan fingerprint density at radius 1 is 1.00 bits per heavy atom. The molecule has 1 amide bonds. The number of carbonyl (C=O) groups excluding carboxylic acids is 2. The first-order valence-corrected chi connectivity index (χ1v) is 7.84. The number of ether oxygens (including phenoxy) is 1. The van der Waals surface area contributed by atoms with E-state index >= 15 is 0 Å². The van der Waals surface area contributed by atoms with Gasteiger partial charge in [0.05, 0.1) is 12.6 Å². The SMILES string of the molecule is COC(=O)/C(=C/c1c[nH]c2c(F)c(F)c(F)c(F)c12)NC(=O)c1ccccc1. The van der Waals surface area contributed by atoms with E-state index < -0.39 is 51.7 Å². The van der Waals surface area contributed by atoms with Crippen LogP contribution in [0.2, 0.25) is 0 Å². The lowest BCUT2D eigenvalue weighted by Crippen LogP contribution is -2.28. The second-order valence-electron chi connectivity index (χ2n) is 5.62. The summed E-state index contributed by atoms with van der Waals surface area (Å²) in [7, 11) is 1.05. The third-order valence-electron chi connectivity index (χ3n) is 3.92. The molecule has 2 N–H and O–H groups in total. The van der Waals surface area contributed by atoms with Crippen LogP contribution in [-0.4, -0.2) is 24.0 Å². The molecule has 0 fully saturated rings. The Kier molecular flexibility index (Phi) is 5.16. The molecule has 0 atom stereocenters. The number of halogens is 4. The summed E-state index contributed by atoms with van der Waals surface area (Å²) in [5.74, 6) is -8.86. The van der Waals surface area contributed by atoms with Crippen molar-refractivity contribution in [3.8, 4) is 0 Å². The average Bonchev–Trinajstić information content (AvgIpc) is 3.13. The highest BCUT2D eigenvalue weighted by molar-refractivity contribution is 6.04. The summed E-state index contributed by atoms with van der Waals surface area (Å²) in [5.41, 5.74) is -1.01. The molecule has 0 aliphatic heterocycles. The molecule has 1 heterocycles. The summed E-state index contributed by atoms with van der Waals surface area (Å²) in [6.45, 7) is 0. The first kappa shape index (κ1) is 19.2. The summed E-state index contributed by atoms with van der Waals surface area (Å²) in [4.78, 5) is 26.6. The lowest BCUT2D eigenvalue weighted by molar-refractivity contribution is -0.136. The van der Waals surface area contributed by atoms with Crippen molar-refractivity contribution < 1.29 is 31.9 Å². The van der Waals surface area contributed by atoms with E-state index in [1.54, 1.807) is 18.2 Å². The Balaban J connectivity index is 2.09. The molecule has 144 valence electrons. The standard InChI is InChI=1S/C19H12F4N2O3/c1-28-19(27)11(25-18(26)9-5-3-2-4-6-9)7-10-8-24-17-12(10)13(20)14(21)15(22)16(17)23/h2-8,24H,1H3,(H,25,26)/b11-7-. The number of rotatable bonds is 4. The van der Waals surface area contributed by atoms with Crippen LogP contribution in [0, 0.1) is 23.3 Å². The molecule has 3 rings (SSSR count). The molecule has 0 radical (unpaired) electrons. The molecule has 0 unspecified atom stereocenters. The van der Waals surface area contributed by atoms with E-state index in [-0.39, 0.29) is 11.1 Å². The van der Waals surface area contributed by atoms with E-state index in [4.69, 9.17) is 0 Å². The number of aromatic nitrogens is 1. The number of H-pyrrole nitrogens is 1. The molecule has 5 nitrogen and oxygen atoms in total. The minimum Gasteiger partial charge on any atom is -0.464 e. The van der Waals surface area contributed by atoms with Crippen molar-refractivity contribution in [1.29, 1.82) is 0 Å². The van der Waals surface area contributed by atoms with Gasteiger partial charge in [-0.25, -0.2) is 22.4 Å². The van der Waals surface area contributed by atoms with Gasteiger partial charge in [-0.3, -0.25) is 4.79 Å². The average molecular weight is 392 g/mol. The molecule has 1 aromatic heterocycles. The van der Waals surface area contributed by atoms with Crippen LogP contribution in [0.5, 0.6) is 0 Å². The fraction of sp³-hybridized carbons (Fsp3) is 0.0526. The molecule has 9 heteroatoms. The summed E-state index contributed by atoms with van der Waals surface area (Å²) < 4.78 is 59.5. The number of hydrogen-bond acceptors (Lipinski definition) is 3. The van der Waals surface area contributed by atoms with E-state index in [0.29, 0.717) is 0 Å². The van der Waals surface area contributed by atoms with Crippen LogP contribution in [0.3, 0.4) is 0 Å². The number of aromatic amines is 1. The Labute approximate surface area is 155 Å². The number of esters is 1. The molecule has 0 spiro atoms. The van der Waals surface area contributed by atoms with Crippen molar-refractivity contribution in [2.24, 2.45) is 0 Å². The molecule has 2 aromatic carbocycles. The summed E-state index contributed by atoms with van der Waals surface area (Å²) in [6.07, 6.45) is 2.00. The third-order valence-corrected chi connectivity index (χ3v) is 3.92. The highest BCUT2D eigenvalue weighted by atomic mass is 19.2. The predicted molar refractivity (Wildman–Crippen MR) is 92.0 cm³/mol. The topological polar surface area (TPSA) is 71.2 Å². The molecular weight excluding hydrogens is 380 g/mol. The number of nitrogens with one attached hydrogen (secondary N) is 2. The summed E-state index contributed by atoms with van der Waals surface area (Å²) >= 11 is 0. The minimum atomic E-state index is -1.99. The van der Waals surface area contributed by atoms with Gasteiger partial charge < -0.3 is 15.0 Å². The highest BCUT2D eigenvalue weighted by Gasteiger charge is 2.24. The lowest BCUT2D eigenvalue weighted by Gasteiger charge is -2.08. The highest BCUT2D eigenvalue weighted by Crippen LogP contribution is 2.30. The van der Waals surface area contributed by atoms with Gasteiger partial charge in [0.1, 0.15) is 5.70 Å². The normalized spacial score (nSPS) is 11.5. The van der Waals surface area contributed by atoms with Crippen LogP contribution in [0.15, 0.2) is 42.2 Å². The van der Waals surface area contributed by atoms with E-state index in [1.165, 1.54) is 12.1 Å². The summed E-state index contributed by atoms with van der Waals surface area (Å²) in [5, 5.41) is 1.68. The zero-order valence-corrected chi connectivity index (χ0v) is 14.3. The molecule has 0 saturated carbocycles. The van der Waals surface area contributed by atoms with Crippen LogP contribution in [-0.2, 0) is 9.53 Å². The van der Waals surface area contributed by atoms with Crippen molar-refractivity contribution in [2.45, 2.75) is 0 Å². The first-order valence-electron chi connectivity index (χ1n) is 7.84. The fourth-order valence-electron chi connectivity index (χ4n) is 2.57. The van der Waals surface area contributed by atoms with E-state index in [9.17, 15) is 27.2 Å². The van der Waals surface area contributed by atoms with E-state index in [1.807, 2.05) is 0 Å². The zero-order chi connectivity index (χ0) is 20.4. The lowest BCUT2D eigenvalue weighted by atomic mass is 10.1. The Morgan fingerprint density at radius 2 is 1.64 bits per heavy atom. The molecule has 3 aromatic rings. The second kappa shape index (κ2) is 7.55. The van der Waals surface area contributed by atoms with Crippen LogP contribution < -0.4 is 5.32 Å². The fourth-order valence-corrected chi connectivity index (χ4v) is 2.57. The molecule has 0 aliphatic rings. The quantitative estimate of drug-likeness (QED) is 0.234. The van der Waals surface area contributed by atoms with Crippen LogP contribution in [0.1, 0.15) is 15.9 Å². The number of fused-ring (bicyclic) bond motifs is 1. The predicted octanol–water partition coefficient (Wildman–Crippen LogP) is 3.67. The Hall–Kier alpha value is -3.62. The number of hydrogen-bond donors (Lipinski definition) is 2. The van der Waals surface area contributed by atoms with Crippen molar-refractivity contribution in [3.05, 3.63) is 76.6 Å². The van der Waals surface area contributed by atoms with Gasteiger partial charge in [-0.2, -0.15) is 0 Å². The van der Waals surface area contributed by atoms with E-state index in [0.717, 1.165) is 19.4 Å². The molecule has 0 aliphatic carbocycles. The first-order chi connectivity index (χ1) is 13.3. The Morgan fingerprint density at radius 3 is 2.29 bits per heavy atom. The largest absolute Gasteiger partial charge is 0.464 e.